The van der Waals surface area contributed by atoms with Gasteiger partial charge in [-0.25, -0.2) is 8.42 Å². The van der Waals surface area contributed by atoms with E-state index in [1.165, 1.54) is 12.1 Å². The fourth-order valence-corrected chi connectivity index (χ4v) is 2.78. The molecule has 0 atom stereocenters. The van der Waals surface area contributed by atoms with E-state index in [9.17, 15) is 8.42 Å². The first kappa shape index (κ1) is 14.6. The molecule has 0 aliphatic rings. The zero-order chi connectivity index (χ0) is 12.9. The van der Waals surface area contributed by atoms with Crippen molar-refractivity contribution >= 4 is 38.9 Å². The maximum Gasteiger partial charge on any atom is 0.232 e. The Morgan fingerprint density at radius 3 is 2.59 bits per heavy atom. The molecule has 0 saturated carbocycles. The highest BCUT2D eigenvalue weighted by Crippen LogP contribution is 2.26. The molecule has 17 heavy (non-hydrogen) atoms. The predicted octanol–water partition coefficient (Wildman–Crippen LogP) is 2.51. The Morgan fingerprint density at radius 1 is 1.24 bits per heavy atom. The first-order valence-corrected chi connectivity index (χ1v) is 7.42. The van der Waals surface area contributed by atoms with Crippen LogP contribution in [0.15, 0.2) is 18.2 Å². The quantitative estimate of drug-likeness (QED) is 0.793. The summed E-state index contributed by atoms with van der Waals surface area (Å²) in [6, 6.07) is 4.55. The molecule has 1 rings (SSSR count). The molecular formula is C10H13Cl2NO3S. The molecule has 0 bridgehead atoms. The molecule has 0 heterocycles. The fourth-order valence-electron chi connectivity index (χ4n) is 1.20. The molecule has 7 heteroatoms. The van der Waals surface area contributed by atoms with Crippen molar-refractivity contribution in [2.24, 2.45) is 0 Å². The van der Waals surface area contributed by atoms with Crippen molar-refractivity contribution in [3.63, 3.8) is 0 Å². The normalized spacial score (nSPS) is 11.5. The van der Waals surface area contributed by atoms with Crippen LogP contribution in [0, 0.1) is 0 Å². The Kier molecular flexibility index (Phi) is 5.52. The fraction of sp³-hybridized carbons (Fsp3) is 0.400. The van der Waals surface area contributed by atoms with Crippen LogP contribution < -0.4 is 4.72 Å². The third-order valence-electron chi connectivity index (χ3n) is 2.02. The highest BCUT2D eigenvalue weighted by atomic mass is 35.5. The molecule has 0 aliphatic carbocycles. The Hall–Kier alpha value is -0.490. The number of aliphatic hydroxyl groups excluding tert-OH is 1. The molecule has 0 radical (unpaired) electrons. The molecule has 1 aromatic carbocycles. The van der Waals surface area contributed by atoms with E-state index in [-0.39, 0.29) is 18.0 Å². The van der Waals surface area contributed by atoms with E-state index in [4.69, 9.17) is 28.3 Å². The summed E-state index contributed by atoms with van der Waals surface area (Å²) in [5, 5.41) is 9.28. The van der Waals surface area contributed by atoms with Crippen LogP contribution in [0.3, 0.4) is 0 Å². The first-order valence-electron chi connectivity index (χ1n) is 5.01. The van der Waals surface area contributed by atoms with Gasteiger partial charge in [-0.15, -0.1) is 0 Å². The number of anilines is 1. The molecule has 0 spiro atoms. The lowest BCUT2D eigenvalue weighted by Crippen LogP contribution is -2.17. The van der Waals surface area contributed by atoms with Crippen molar-refractivity contribution in [1.29, 1.82) is 0 Å². The average molecular weight is 298 g/mol. The minimum Gasteiger partial charge on any atom is -0.396 e. The van der Waals surface area contributed by atoms with Gasteiger partial charge in [0.25, 0.3) is 0 Å². The minimum absolute atomic E-state index is 0.0204. The van der Waals surface area contributed by atoms with Gasteiger partial charge in [-0.2, -0.15) is 0 Å². The smallest absolute Gasteiger partial charge is 0.232 e. The number of aliphatic hydroxyl groups is 1. The molecule has 0 amide bonds. The Bertz CT molecular complexity index is 476. The lowest BCUT2D eigenvalue weighted by molar-refractivity contribution is 0.287. The summed E-state index contributed by atoms with van der Waals surface area (Å²) in [6.07, 6.45) is 0.841. The molecule has 4 nitrogen and oxygen atoms in total. The van der Waals surface area contributed by atoms with Gasteiger partial charge in [-0.1, -0.05) is 23.2 Å². The summed E-state index contributed by atoms with van der Waals surface area (Å²) in [7, 11) is -3.45. The SMILES string of the molecule is O=S(=O)(CCCCO)Nc1cc(Cl)ccc1Cl. The van der Waals surface area contributed by atoms with E-state index < -0.39 is 10.0 Å². The van der Waals surface area contributed by atoms with Gasteiger partial charge >= 0.3 is 0 Å². The Balaban J connectivity index is 2.72. The zero-order valence-corrected chi connectivity index (χ0v) is 11.3. The number of hydrogen-bond acceptors (Lipinski definition) is 3. The second-order valence-corrected chi connectivity index (χ2v) is 6.16. The van der Waals surface area contributed by atoms with Crippen molar-refractivity contribution in [3.8, 4) is 0 Å². The Morgan fingerprint density at radius 2 is 1.94 bits per heavy atom. The van der Waals surface area contributed by atoms with Crippen LogP contribution in [-0.4, -0.2) is 25.9 Å². The number of rotatable bonds is 6. The highest BCUT2D eigenvalue weighted by Gasteiger charge is 2.12. The summed E-state index contributed by atoms with van der Waals surface area (Å²) >= 11 is 11.6. The molecule has 2 N–H and O–H groups in total. The number of unbranched alkanes of at least 4 members (excludes halogenated alkanes) is 1. The second kappa shape index (κ2) is 6.44. The molecular weight excluding hydrogens is 285 g/mol. The number of halogens is 2. The van der Waals surface area contributed by atoms with Gasteiger partial charge in [-0.3, -0.25) is 4.72 Å². The molecule has 0 fully saturated rings. The van der Waals surface area contributed by atoms with Crippen molar-refractivity contribution in [2.45, 2.75) is 12.8 Å². The molecule has 96 valence electrons. The Labute approximate surface area is 111 Å². The van der Waals surface area contributed by atoms with Crippen LogP contribution in [0.1, 0.15) is 12.8 Å². The summed E-state index contributed by atoms with van der Waals surface area (Å²) < 4.78 is 25.6. The van der Waals surface area contributed by atoms with Crippen LogP contribution in [-0.2, 0) is 10.0 Å². The number of hydrogen-bond donors (Lipinski definition) is 2. The standard InChI is InChI=1S/C10H13Cl2NO3S/c11-8-3-4-9(12)10(7-8)13-17(15,16)6-2-1-5-14/h3-4,7,13-14H,1-2,5-6H2. The van der Waals surface area contributed by atoms with E-state index in [0.29, 0.717) is 22.9 Å². The lowest BCUT2D eigenvalue weighted by Gasteiger charge is -2.09. The van der Waals surface area contributed by atoms with Gasteiger partial charge in [0.1, 0.15) is 0 Å². The van der Waals surface area contributed by atoms with E-state index in [1.807, 2.05) is 0 Å². The first-order chi connectivity index (χ1) is 7.94. The molecule has 0 aromatic heterocycles. The van der Waals surface area contributed by atoms with E-state index in [0.717, 1.165) is 0 Å². The molecule has 0 saturated heterocycles. The lowest BCUT2D eigenvalue weighted by atomic mass is 10.3. The molecule has 0 aliphatic heterocycles. The number of nitrogens with one attached hydrogen (secondary N) is 1. The topological polar surface area (TPSA) is 66.4 Å². The minimum atomic E-state index is -3.45. The average Bonchev–Trinajstić information content (AvgIpc) is 2.23. The van der Waals surface area contributed by atoms with Crippen LogP contribution in [0.25, 0.3) is 0 Å². The van der Waals surface area contributed by atoms with E-state index >= 15 is 0 Å². The van der Waals surface area contributed by atoms with Crippen LogP contribution in [0.4, 0.5) is 5.69 Å². The maximum atomic E-state index is 11.6. The third kappa shape index (κ3) is 5.12. The molecule has 0 unspecified atom stereocenters. The second-order valence-electron chi connectivity index (χ2n) is 3.48. The summed E-state index contributed by atoms with van der Waals surface area (Å²) in [5.41, 5.74) is 0.267. The van der Waals surface area contributed by atoms with Gasteiger partial charge in [-0.05, 0) is 31.0 Å². The number of sulfonamides is 1. The van der Waals surface area contributed by atoms with Gasteiger partial charge < -0.3 is 5.11 Å². The van der Waals surface area contributed by atoms with Gasteiger partial charge in [0.15, 0.2) is 0 Å². The summed E-state index contributed by atoms with van der Waals surface area (Å²) in [6.45, 7) is -0.0204. The molecule has 1 aromatic rings. The van der Waals surface area contributed by atoms with Crippen LogP contribution in [0.5, 0.6) is 0 Å². The summed E-state index contributed by atoms with van der Waals surface area (Å²) in [5.74, 6) is -0.0591. The van der Waals surface area contributed by atoms with Crippen molar-refractivity contribution < 1.29 is 13.5 Å². The number of benzene rings is 1. The van der Waals surface area contributed by atoms with Crippen molar-refractivity contribution in [3.05, 3.63) is 28.2 Å². The maximum absolute atomic E-state index is 11.6. The van der Waals surface area contributed by atoms with E-state index in [2.05, 4.69) is 4.72 Å². The van der Waals surface area contributed by atoms with E-state index in [1.54, 1.807) is 6.07 Å². The largest absolute Gasteiger partial charge is 0.396 e. The predicted molar refractivity (Wildman–Crippen MR) is 70.2 cm³/mol. The van der Waals surface area contributed by atoms with Crippen molar-refractivity contribution in [1.82, 2.24) is 0 Å². The van der Waals surface area contributed by atoms with Crippen molar-refractivity contribution in [2.75, 3.05) is 17.1 Å². The highest BCUT2D eigenvalue weighted by molar-refractivity contribution is 7.92. The third-order valence-corrected chi connectivity index (χ3v) is 3.94. The van der Waals surface area contributed by atoms with Gasteiger partial charge in [0.05, 0.1) is 16.5 Å². The zero-order valence-electron chi connectivity index (χ0n) is 8.99. The van der Waals surface area contributed by atoms with Crippen LogP contribution >= 0.6 is 23.2 Å². The van der Waals surface area contributed by atoms with Gasteiger partial charge in [0, 0.05) is 11.6 Å². The monoisotopic (exact) mass is 297 g/mol. The summed E-state index contributed by atoms with van der Waals surface area (Å²) in [4.78, 5) is 0. The van der Waals surface area contributed by atoms with Gasteiger partial charge in [0.2, 0.25) is 10.0 Å². The van der Waals surface area contributed by atoms with Crippen LogP contribution in [0.2, 0.25) is 10.0 Å².